The standard InChI is InChI=1S/C12H15NO/c1-8-5-11-10(12(14)6-8)7-9-3-2-4-13(9)11/h7-8H,2-6H2,1H3. The van der Waals surface area contributed by atoms with Gasteiger partial charge in [-0.1, -0.05) is 6.92 Å². The van der Waals surface area contributed by atoms with Gasteiger partial charge in [-0.05, 0) is 31.2 Å². The maximum absolute atomic E-state index is 11.8. The van der Waals surface area contributed by atoms with Crippen LogP contribution in [0.15, 0.2) is 6.07 Å². The molecule has 1 aromatic rings. The third-order valence-corrected chi connectivity index (χ3v) is 3.49. The highest BCUT2D eigenvalue weighted by atomic mass is 16.1. The molecule has 1 aromatic heterocycles. The maximum Gasteiger partial charge on any atom is 0.164 e. The Labute approximate surface area is 83.9 Å². The Balaban J connectivity index is 2.15. The molecule has 1 aliphatic heterocycles. The Hall–Kier alpha value is -1.05. The third kappa shape index (κ3) is 0.999. The number of aryl methyl sites for hydroxylation is 1. The van der Waals surface area contributed by atoms with Crippen LogP contribution in [0, 0.1) is 5.92 Å². The second-order valence-electron chi connectivity index (χ2n) is 4.69. The van der Waals surface area contributed by atoms with Crippen LogP contribution in [0.2, 0.25) is 0 Å². The van der Waals surface area contributed by atoms with Crippen LogP contribution in [0.25, 0.3) is 0 Å². The van der Waals surface area contributed by atoms with E-state index in [0.29, 0.717) is 11.7 Å². The molecule has 0 fully saturated rings. The molecule has 1 atom stereocenters. The summed E-state index contributed by atoms with van der Waals surface area (Å²) in [6.45, 7) is 3.31. The van der Waals surface area contributed by atoms with E-state index in [4.69, 9.17) is 0 Å². The quantitative estimate of drug-likeness (QED) is 0.613. The predicted octanol–water partition coefficient (Wildman–Crippen LogP) is 2.20. The van der Waals surface area contributed by atoms with Crippen LogP contribution < -0.4 is 0 Å². The zero-order chi connectivity index (χ0) is 9.71. The van der Waals surface area contributed by atoms with E-state index in [1.807, 2.05) is 0 Å². The van der Waals surface area contributed by atoms with Gasteiger partial charge in [0.2, 0.25) is 0 Å². The lowest BCUT2D eigenvalue weighted by molar-refractivity contribution is 0.0952. The molecular weight excluding hydrogens is 174 g/mol. The fourth-order valence-corrected chi connectivity index (χ4v) is 2.84. The molecule has 3 rings (SSSR count). The van der Waals surface area contributed by atoms with Crippen LogP contribution in [0.3, 0.4) is 0 Å². The van der Waals surface area contributed by atoms with E-state index >= 15 is 0 Å². The molecule has 0 aromatic carbocycles. The fourth-order valence-electron chi connectivity index (χ4n) is 2.84. The van der Waals surface area contributed by atoms with Gasteiger partial charge in [0.25, 0.3) is 0 Å². The first-order valence-corrected chi connectivity index (χ1v) is 5.50. The van der Waals surface area contributed by atoms with Gasteiger partial charge in [0, 0.05) is 29.9 Å². The summed E-state index contributed by atoms with van der Waals surface area (Å²) in [5.74, 6) is 0.898. The second kappa shape index (κ2) is 2.72. The number of nitrogens with zero attached hydrogens (tertiary/aromatic N) is 1. The topological polar surface area (TPSA) is 22.0 Å². The Morgan fingerprint density at radius 1 is 1.43 bits per heavy atom. The van der Waals surface area contributed by atoms with Gasteiger partial charge in [-0.3, -0.25) is 4.79 Å². The van der Waals surface area contributed by atoms with Crippen LogP contribution in [-0.2, 0) is 19.4 Å². The summed E-state index contributed by atoms with van der Waals surface area (Å²) in [5.41, 5.74) is 3.73. The number of aromatic nitrogens is 1. The summed E-state index contributed by atoms with van der Waals surface area (Å²) in [5, 5.41) is 0. The van der Waals surface area contributed by atoms with Gasteiger partial charge in [-0.25, -0.2) is 0 Å². The van der Waals surface area contributed by atoms with Gasteiger partial charge in [0.15, 0.2) is 5.78 Å². The number of fused-ring (bicyclic) bond motifs is 3. The van der Waals surface area contributed by atoms with Gasteiger partial charge in [0.05, 0.1) is 0 Å². The van der Waals surface area contributed by atoms with Gasteiger partial charge >= 0.3 is 0 Å². The summed E-state index contributed by atoms with van der Waals surface area (Å²) in [7, 11) is 0. The Morgan fingerprint density at radius 2 is 2.29 bits per heavy atom. The molecule has 1 unspecified atom stereocenters. The monoisotopic (exact) mass is 189 g/mol. The van der Waals surface area contributed by atoms with E-state index in [1.165, 1.54) is 17.8 Å². The van der Waals surface area contributed by atoms with Crippen LogP contribution in [-0.4, -0.2) is 10.4 Å². The predicted molar refractivity (Wildman–Crippen MR) is 54.6 cm³/mol. The molecule has 0 saturated heterocycles. The zero-order valence-electron chi connectivity index (χ0n) is 8.55. The molecule has 0 radical (unpaired) electrons. The van der Waals surface area contributed by atoms with Gasteiger partial charge in [0.1, 0.15) is 0 Å². The minimum Gasteiger partial charge on any atom is -0.348 e. The highest BCUT2D eigenvalue weighted by Crippen LogP contribution is 2.31. The second-order valence-corrected chi connectivity index (χ2v) is 4.69. The van der Waals surface area contributed by atoms with Crippen LogP contribution in [0.4, 0.5) is 0 Å². The Bertz CT molecular complexity index is 403. The molecule has 0 N–H and O–H groups in total. The minimum absolute atomic E-state index is 0.362. The van der Waals surface area contributed by atoms with Gasteiger partial charge in [-0.2, -0.15) is 0 Å². The maximum atomic E-state index is 11.8. The molecule has 74 valence electrons. The number of hydrogen-bond donors (Lipinski definition) is 0. The molecule has 0 saturated carbocycles. The number of Topliss-reactive ketones (excluding diaryl/α,β-unsaturated/α-hetero) is 1. The molecule has 2 nitrogen and oxygen atoms in total. The number of carbonyl (C=O) groups is 1. The van der Waals surface area contributed by atoms with Crippen molar-refractivity contribution in [3.8, 4) is 0 Å². The van der Waals surface area contributed by atoms with Crippen molar-refractivity contribution in [3.63, 3.8) is 0 Å². The summed E-state index contributed by atoms with van der Waals surface area (Å²) in [4.78, 5) is 11.8. The van der Waals surface area contributed by atoms with Crippen LogP contribution in [0.5, 0.6) is 0 Å². The molecular formula is C12H15NO. The number of rotatable bonds is 0. The molecule has 0 amide bonds. The average molecular weight is 189 g/mol. The first kappa shape index (κ1) is 8.27. The van der Waals surface area contributed by atoms with Crippen molar-refractivity contribution in [2.24, 2.45) is 5.92 Å². The largest absolute Gasteiger partial charge is 0.348 e. The van der Waals surface area contributed by atoms with Gasteiger partial charge < -0.3 is 4.57 Å². The Morgan fingerprint density at radius 3 is 3.14 bits per heavy atom. The summed E-state index contributed by atoms with van der Waals surface area (Å²) >= 11 is 0. The lowest BCUT2D eigenvalue weighted by Gasteiger charge is -2.19. The van der Waals surface area contributed by atoms with Crippen LogP contribution in [0.1, 0.15) is 41.5 Å². The molecule has 0 spiro atoms. The fraction of sp³-hybridized carbons (Fsp3) is 0.583. The molecule has 2 heterocycles. The van der Waals surface area contributed by atoms with E-state index in [2.05, 4.69) is 17.6 Å². The van der Waals surface area contributed by atoms with E-state index < -0.39 is 0 Å². The van der Waals surface area contributed by atoms with Crippen molar-refractivity contribution in [2.75, 3.05) is 0 Å². The van der Waals surface area contributed by atoms with Crippen LogP contribution >= 0.6 is 0 Å². The minimum atomic E-state index is 0.362. The third-order valence-electron chi connectivity index (χ3n) is 3.49. The number of hydrogen-bond acceptors (Lipinski definition) is 1. The lowest BCUT2D eigenvalue weighted by atomic mass is 9.88. The molecule has 0 bridgehead atoms. The van der Waals surface area contributed by atoms with Crippen molar-refractivity contribution < 1.29 is 4.79 Å². The number of ketones is 1. The molecule has 2 aliphatic rings. The van der Waals surface area contributed by atoms with E-state index in [0.717, 1.165) is 31.4 Å². The SMILES string of the molecule is CC1CC(=O)c2cc3n(c2C1)CCC3. The van der Waals surface area contributed by atoms with Crippen molar-refractivity contribution in [1.29, 1.82) is 0 Å². The van der Waals surface area contributed by atoms with Crippen molar-refractivity contribution in [3.05, 3.63) is 23.0 Å². The van der Waals surface area contributed by atoms with E-state index in [-0.39, 0.29) is 0 Å². The van der Waals surface area contributed by atoms with Crippen molar-refractivity contribution in [1.82, 2.24) is 4.57 Å². The van der Waals surface area contributed by atoms with Gasteiger partial charge in [-0.15, -0.1) is 0 Å². The van der Waals surface area contributed by atoms with Crippen molar-refractivity contribution in [2.45, 2.75) is 39.2 Å². The average Bonchev–Trinajstić information content (AvgIpc) is 2.65. The lowest BCUT2D eigenvalue weighted by Crippen LogP contribution is -2.19. The first-order chi connectivity index (χ1) is 6.75. The normalized spacial score (nSPS) is 24.9. The summed E-state index contributed by atoms with van der Waals surface area (Å²) < 4.78 is 2.38. The molecule has 1 aliphatic carbocycles. The zero-order valence-corrected chi connectivity index (χ0v) is 8.55. The summed E-state index contributed by atoms with van der Waals surface area (Å²) in [6.07, 6.45) is 4.26. The van der Waals surface area contributed by atoms with Crippen molar-refractivity contribution >= 4 is 5.78 Å². The van der Waals surface area contributed by atoms with E-state index in [9.17, 15) is 4.79 Å². The number of carbonyl (C=O) groups excluding carboxylic acids is 1. The smallest absolute Gasteiger partial charge is 0.164 e. The highest BCUT2D eigenvalue weighted by Gasteiger charge is 2.28. The highest BCUT2D eigenvalue weighted by molar-refractivity contribution is 5.98. The first-order valence-electron chi connectivity index (χ1n) is 5.50. The molecule has 14 heavy (non-hydrogen) atoms. The Kier molecular flexibility index (Phi) is 1.61. The molecule has 2 heteroatoms. The van der Waals surface area contributed by atoms with E-state index in [1.54, 1.807) is 0 Å². The summed E-state index contributed by atoms with van der Waals surface area (Å²) in [6, 6.07) is 2.14.